The van der Waals surface area contributed by atoms with Crippen molar-refractivity contribution in [3.05, 3.63) is 42.1 Å². The lowest BCUT2D eigenvalue weighted by atomic mass is 10.1. The fourth-order valence-corrected chi connectivity index (χ4v) is 2.94. The number of benzene rings is 1. The second-order valence-corrected chi connectivity index (χ2v) is 6.17. The van der Waals surface area contributed by atoms with E-state index >= 15 is 0 Å². The maximum Gasteiger partial charge on any atom is 0.306 e. The molecule has 126 valence electrons. The van der Waals surface area contributed by atoms with E-state index in [9.17, 15) is 9.59 Å². The molecule has 1 amide bonds. The number of esters is 1. The van der Waals surface area contributed by atoms with Crippen molar-refractivity contribution in [2.75, 3.05) is 6.54 Å². The Morgan fingerprint density at radius 1 is 1.38 bits per heavy atom. The molecule has 0 aliphatic carbocycles. The number of cyclic esters (lactones) is 1. The Balaban J connectivity index is 1.77. The molecule has 1 atom stereocenters. The van der Waals surface area contributed by atoms with Gasteiger partial charge in [-0.3, -0.25) is 14.6 Å². The van der Waals surface area contributed by atoms with Gasteiger partial charge in [0.25, 0.3) is 5.91 Å². The van der Waals surface area contributed by atoms with Crippen molar-refractivity contribution in [1.29, 1.82) is 0 Å². The van der Waals surface area contributed by atoms with E-state index in [4.69, 9.17) is 4.74 Å². The van der Waals surface area contributed by atoms with Crippen LogP contribution in [0.1, 0.15) is 38.2 Å². The van der Waals surface area contributed by atoms with Gasteiger partial charge < -0.3 is 9.64 Å². The largest absolute Gasteiger partial charge is 0.452 e. The van der Waals surface area contributed by atoms with Crippen LogP contribution in [0.4, 0.5) is 0 Å². The van der Waals surface area contributed by atoms with Crippen LogP contribution in [0.15, 0.2) is 36.5 Å². The first-order valence-corrected chi connectivity index (χ1v) is 8.49. The maximum atomic E-state index is 12.7. The SMILES string of the molecule is CCCCN(Cc1cnc2ccccc2c1)C(=O)[C@H]1CCC(=O)O1. The summed E-state index contributed by atoms with van der Waals surface area (Å²) in [7, 11) is 0. The summed E-state index contributed by atoms with van der Waals surface area (Å²) in [6, 6.07) is 9.99. The quantitative estimate of drug-likeness (QED) is 0.766. The number of pyridine rings is 1. The molecule has 0 unspecified atom stereocenters. The lowest BCUT2D eigenvalue weighted by Gasteiger charge is -2.25. The Hall–Kier alpha value is -2.43. The van der Waals surface area contributed by atoms with E-state index < -0.39 is 6.10 Å². The second kappa shape index (κ2) is 7.43. The lowest BCUT2D eigenvalue weighted by Crippen LogP contribution is -2.39. The molecular weight excluding hydrogens is 304 g/mol. The molecule has 1 saturated heterocycles. The van der Waals surface area contributed by atoms with Gasteiger partial charge in [0.05, 0.1) is 5.52 Å². The highest BCUT2D eigenvalue weighted by Gasteiger charge is 2.32. The van der Waals surface area contributed by atoms with Crippen LogP contribution >= 0.6 is 0 Å². The molecule has 2 aromatic rings. The van der Waals surface area contributed by atoms with Gasteiger partial charge in [-0.05, 0) is 24.1 Å². The molecule has 0 N–H and O–H groups in total. The minimum atomic E-state index is -0.622. The van der Waals surface area contributed by atoms with E-state index in [0.717, 1.165) is 29.3 Å². The van der Waals surface area contributed by atoms with Crippen molar-refractivity contribution in [3.63, 3.8) is 0 Å². The molecule has 0 radical (unpaired) electrons. The van der Waals surface area contributed by atoms with Gasteiger partial charge in [0.15, 0.2) is 6.10 Å². The van der Waals surface area contributed by atoms with Gasteiger partial charge in [0.2, 0.25) is 0 Å². The number of rotatable bonds is 6. The van der Waals surface area contributed by atoms with Crippen LogP contribution < -0.4 is 0 Å². The number of hydrogen-bond donors (Lipinski definition) is 0. The predicted molar refractivity (Wildman–Crippen MR) is 91.2 cm³/mol. The van der Waals surface area contributed by atoms with Gasteiger partial charge in [-0.25, -0.2) is 0 Å². The summed E-state index contributed by atoms with van der Waals surface area (Å²) in [5, 5.41) is 1.06. The first-order valence-electron chi connectivity index (χ1n) is 8.49. The number of nitrogens with zero attached hydrogens (tertiary/aromatic N) is 2. The number of carbonyl (C=O) groups is 2. The van der Waals surface area contributed by atoms with E-state index in [1.807, 2.05) is 30.5 Å². The average molecular weight is 326 g/mol. The van der Waals surface area contributed by atoms with Crippen LogP contribution in [0.5, 0.6) is 0 Å². The van der Waals surface area contributed by atoms with Crippen molar-refractivity contribution < 1.29 is 14.3 Å². The van der Waals surface area contributed by atoms with Crippen LogP contribution in [-0.2, 0) is 20.9 Å². The summed E-state index contributed by atoms with van der Waals surface area (Å²) in [5.41, 5.74) is 1.93. The average Bonchev–Trinajstić information content (AvgIpc) is 3.04. The Morgan fingerprint density at radius 2 is 2.21 bits per heavy atom. The van der Waals surface area contributed by atoms with E-state index in [1.165, 1.54) is 0 Å². The van der Waals surface area contributed by atoms with Crippen LogP contribution in [0.2, 0.25) is 0 Å². The number of ether oxygens (including phenoxy) is 1. The number of carbonyl (C=O) groups excluding carboxylic acids is 2. The van der Waals surface area contributed by atoms with Gasteiger partial charge in [0.1, 0.15) is 0 Å². The highest BCUT2D eigenvalue weighted by atomic mass is 16.6. The standard InChI is InChI=1S/C19H22N2O3/c1-2-3-10-21(19(23)17-8-9-18(22)24-17)13-14-11-15-6-4-5-7-16(15)20-12-14/h4-7,11-12,17H,2-3,8-10,13H2,1H3/t17-/m1/s1. The number of aromatic nitrogens is 1. The van der Waals surface area contributed by atoms with Crippen LogP contribution in [0.25, 0.3) is 10.9 Å². The number of hydrogen-bond acceptors (Lipinski definition) is 4. The normalized spacial score (nSPS) is 17.0. The van der Waals surface area contributed by atoms with Crippen molar-refractivity contribution in [2.45, 2.75) is 45.3 Å². The third kappa shape index (κ3) is 3.72. The summed E-state index contributed by atoms with van der Waals surface area (Å²) < 4.78 is 5.15. The molecule has 0 spiro atoms. The molecule has 1 aliphatic rings. The zero-order valence-corrected chi connectivity index (χ0v) is 13.9. The number of unbranched alkanes of at least 4 members (excludes halogenated alkanes) is 1. The first kappa shape index (κ1) is 16.4. The monoisotopic (exact) mass is 326 g/mol. The molecule has 1 fully saturated rings. The number of fused-ring (bicyclic) bond motifs is 1. The van der Waals surface area contributed by atoms with E-state index in [1.54, 1.807) is 4.90 Å². The molecular formula is C19H22N2O3. The van der Waals surface area contributed by atoms with Crippen LogP contribution in [-0.4, -0.2) is 34.4 Å². The van der Waals surface area contributed by atoms with Gasteiger partial charge in [-0.15, -0.1) is 0 Å². The molecule has 0 bridgehead atoms. The molecule has 1 aromatic heterocycles. The van der Waals surface area contributed by atoms with E-state index in [2.05, 4.69) is 18.0 Å². The van der Waals surface area contributed by atoms with Crippen LogP contribution in [0, 0.1) is 0 Å². The smallest absolute Gasteiger partial charge is 0.306 e. The third-order valence-corrected chi connectivity index (χ3v) is 4.27. The minimum Gasteiger partial charge on any atom is -0.452 e. The van der Waals surface area contributed by atoms with Crippen molar-refractivity contribution in [1.82, 2.24) is 9.88 Å². The summed E-state index contributed by atoms with van der Waals surface area (Å²) in [6.07, 6.45) is 3.93. The molecule has 2 heterocycles. The van der Waals surface area contributed by atoms with Gasteiger partial charge >= 0.3 is 5.97 Å². The van der Waals surface area contributed by atoms with E-state index in [-0.39, 0.29) is 11.9 Å². The lowest BCUT2D eigenvalue weighted by molar-refractivity contribution is -0.153. The van der Waals surface area contributed by atoms with Gasteiger partial charge in [-0.1, -0.05) is 31.5 Å². The number of para-hydroxylation sites is 1. The molecule has 5 heteroatoms. The van der Waals surface area contributed by atoms with Gasteiger partial charge in [-0.2, -0.15) is 0 Å². The van der Waals surface area contributed by atoms with Crippen molar-refractivity contribution in [3.8, 4) is 0 Å². The third-order valence-electron chi connectivity index (χ3n) is 4.27. The summed E-state index contributed by atoms with van der Waals surface area (Å²) in [5.74, 6) is -0.376. The van der Waals surface area contributed by atoms with Gasteiger partial charge in [0, 0.05) is 37.5 Å². The zero-order valence-electron chi connectivity index (χ0n) is 13.9. The predicted octanol–water partition coefficient (Wildman–Crippen LogP) is 3.07. The molecule has 24 heavy (non-hydrogen) atoms. The van der Waals surface area contributed by atoms with Crippen LogP contribution in [0.3, 0.4) is 0 Å². The number of amides is 1. The molecule has 0 saturated carbocycles. The zero-order chi connectivity index (χ0) is 16.9. The Bertz CT molecular complexity index is 744. The molecule has 1 aliphatic heterocycles. The summed E-state index contributed by atoms with van der Waals surface area (Å²) >= 11 is 0. The first-order chi connectivity index (χ1) is 11.7. The fourth-order valence-electron chi connectivity index (χ4n) is 2.94. The maximum absolute atomic E-state index is 12.7. The summed E-state index contributed by atoms with van der Waals surface area (Å²) in [6.45, 7) is 3.25. The fraction of sp³-hybridized carbons (Fsp3) is 0.421. The summed E-state index contributed by atoms with van der Waals surface area (Å²) in [4.78, 5) is 30.2. The Labute approximate surface area is 141 Å². The second-order valence-electron chi connectivity index (χ2n) is 6.17. The minimum absolute atomic E-state index is 0.0949. The van der Waals surface area contributed by atoms with E-state index in [0.29, 0.717) is 25.9 Å². The van der Waals surface area contributed by atoms with Crippen molar-refractivity contribution in [2.24, 2.45) is 0 Å². The highest BCUT2D eigenvalue weighted by Crippen LogP contribution is 2.19. The Morgan fingerprint density at radius 3 is 2.96 bits per heavy atom. The molecule has 1 aromatic carbocycles. The Kier molecular flexibility index (Phi) is 5.08. The highest BCUT2D eigenvalue weighted by molar-refractivity contribution is 5.86. The topological polar surface area (TPSA) is 59.5 Å². The molecule has 5 nitrogen and oxygen atoms in total. The molecule has 3 rings (SSSR count). The van der Waals surface area contributed by atoms with Crippen molar-refractivity contribution >= 4 is 22.8 Å².